The number of carbonyl (C=O) groups is 7. The molecule has 0 saturated carbocycles. The van der Waals surface area contributed by atoms with Crippen LogP contribution in [0.1, 0.15) is 151 Å². The normalized spacial score (nSPS) is 14.2. The monoisotopic (exact) mass is 1020 g/mol. The highest BCUT2D eigenvalue weighted by atomic mass is 16.6. The Hall–Kier alpha value is -5.59. The highest BCUT2D eigenvalue weighted by Gasteiger charge is 2.34. The number of alkyl carbamates (subject to hydrolysis) is 1. The van der Waals surface area contributed by atoms with Gasteiger partial charge in [0.2, 0.25) is 29.5 Å². The third-order valence-electron chi connectivity index (χ3n) is 11.9. The lowest BCUT2D eigenvalue weighted by Gasteiger charge is -2.34. The van der Waals surface area contributed by atoms with Crippen LogP contribution in [0, 0.1) is 5.92 Å². The average molecular weight is 1020 g/mol. The molecule has 0 aliphatic rings. The standard InChI is InChI=1S/C55H90N8O10/c1-16-63(17-2)30-22-21-25-41(47(67)61-44(33-64)50(70)62-54(12,13)35-72-55(14,15)34-56-51(71)73-53(9,10)11)58-49(69)42(31-36(3)4)59-45(65)37(5)57-48(68)43(32-38-23-19-18-20-24-38)60-46(66)39-26-28-40(29-27-39)52(6,7)8/h18-20,23-24,26-29,36-37,41-44,64H,16-17,21-22,25,30-35H2,1-15H3,(H,56,71)(H,57,68)(H,58,69)(H,59,65)(H,60,66)(H,61,67)(H,62,70)/t37-,41-,42-,43-,44-/m0/s1. The van der Waals surface area contributed by atoms with Crippen molar-refractivity contribution in [1.82, 2.24) is 42.1 Å². The highest BCUT2D eigenvalue weighted by Crippen LogP contribution is 2.22. The van der Waals surface area contributed by atoms with Crippen LogP contribution in [-0.4, -0.2) is 138 Å². The number of nitrogens with zero attached hydrogens (tertiary/aromatic N) is 1. The molecule has 0 unspecified atom stereocenters. The second-order valence-corrected chi connectivity index (χ2v) is 22.6. The smallest absolute Gasteiger partial charge is 0.407 e. The van der Waals surface area contributed by atoms with Gasteiger partial charge in [-0.3, -0.25) is 28.8 Å². The number of carbonyl (C=O) groups excluding carboxylic acids is 7. The van der Waals surface area contributed by atoms with Gasteiger partial charge in [-0.1, -0.05) is 90.9 Å². The van der Waals surface area contributed by atoms with Gasteiger partial charge >= 0.3 is 6.09 Å². The van der Waals surface area contributed by atoms with Crippen LogP contribution in [0.5, 0.6) is 0 Å². The van der Waals surface area contributed by atoms with Gasteiger partial charge in [0.15, 0.2) is 0 Å². The number of hydrogen-bond acceptors (Lipinski definition) is 11. The highest BCUT2D eigenvalue weighted by molar-refractivity contribution is 5.99. The van der Waals surface area contributed by atoms with Gasteiger partial charge in [0.05, 0.1) is 24.4 Å². The molecule has 2 rings (SSSR count). The van der Waals surface area contributed by atoms with Crippen LogP contribution in [0.25, 0.3) is 0 Å². The lowest BCUT2D eigenvalue weighted by Crippen LogP contribution is -2.60. The van der Waals surface area contributed by atoms with Crippen molar-refractivity contribution in [3.05, 3.63) is 71.3 Å². The molecule has 2 aromatic rings. The van der Waals surface area contributed by atoms with Gasteiger partial charge in [-0.25, -0.2) is 4.79 Å². The van der Waals surface area contributed by atoms with Crippen LogP contribution >= 0.6 is 0 Å². The fourth-order valence-corrected chi connectivity index (χ4v) is 7.52. The maximum absolute atomic E-state index is 14.2. The van der Waals surface area contributed by atoms with Crippen molar-refractivity contribution >= 4 is 41.5 Å². The van der Waals surface area contributed by atoms with Crippen molar-refractivity contribution < 1.29 is 48.1 Å². The minimum Gasteiger partial charge on any atom is -0.444 e. The van der Waals surface area contributed by atoms with E-state index in [4.69, 9.17) is 9.47 Å². The van der Waals surface area contributed by atoms with Gasteiger partial charge in [-0.05, 0) is 135 Å². The minimum atomic E-state index is -1.40. The van der Waals surface area contributed by atoms with Crippen molar-refractivity contribution in [2.75, 3.05) is 39.4 Å². The third-order valence-corrected chi connectivity index (χ3v) is 11.9. The summed E-state index contributed by atoms with van der Waals surface area (Å²) in [7, 11) is 0. The van der Waals surface area contributed by atoms with Crippen molar-refractivity contribution in [2.45, 2.75) is 188 Å². The van der Waals surface area contributed by atoms with Gasteiger partial charge < -0.3 is 56.7 Å². The Bertz CT molecular complexity index is 2080. The summed E-state index contributed by atoms with van der Waals surface area (Å²) in [5, 5.41) is 29.7. The summed E-state index contributed by atoms with van der Waals surface area (Å²) in [6, 6.07) is 10.5. The Labute approximate surface area is 435 Å². The summed E-state index contributed by atoms with van der Waals surface area (Å²) in [5.41, 5.74) is -0.447. The SMILES string of the molecule is CCN(CC)CCCC[C@H](NC(=O)[C@H](CC(C)C)NC(=O)[C@H](C)NC(=O)[C@H](Cc1ccccc1)NC(=O)c1ccc(C(C)(C)C)cc1)C(=O)N[C@@H](CO)C(=O)NC(C)(C)COC(C)(C)CNC(=O)OC(C)(C)C. The van der Waals surface area contributed by atoms with E-state index in [2.05, 4.69) is 76.7 Å². The van der Waals surface area contributed by atoms with Crippen LogP contribution in [-0.2, 0) is 45.3 Å². The molecule has 7 amide bonds. The number of benzene rings is 2. The first kappa shape index (κ1) is 63.5. The number of ether oxygens (including phenoxy) is 2. The number of aliphatic hydroxyl groups excluding tert-OH is 1. The van der Waals surface area contributed by atoms with E-state index in [1.807, 2.05) is 56.3 Å². The van der Waals surface area contributed by atoms with Gasteiger partial charge in [-0.2, -0.15) is 0 Å². The predicted octanol–water partition coefficient (Wildman–Crippen LogP) is 5.05. The zero-order chi connectivity index (χ0) is 55.3. The molecule has 0 aliphatic heterocycles. The van der Waals surface area contributed by atoms with E-state index in [-0.39, 0.29) is 43.7 Å². The molecule has 0 fully saturated rings. The Kier molecular flexibility index (Phi) is 25.5. The van der Waals surface area contributed by atoms with Crippen molar-refractivity contribution in [3.8, 4) is 0 Å². The minimum absolute atomic E-state index is 0.00204. The Morgan fingerprint density at radius 3 is 1.75 bits per heavy atom. The van der Waals surface area contributed by atoms with Gasteiger partial charge in [0.25, 0.3) is 5.91 Å². The van der Waals surface area contributed by atoms with Crippen LogP contribution in [0.4, 0.5) is 4.79 Å². The molecule has 0 bridgehead atoms. The van der Waals surface area contributed by atoms with Crippen molar-refractivity contribution in [2.24, 2.45) is 5.92 Å². The number of amides is 7. The Balaban J connectivity index is 2.25. The molecular formula is C55H90N8O10. The van der Waals surface area contributed by atoms with Crippen LogP contribution in [0.2, 0.25) is 0 Å². The molecule has 8 N–H and O–H groups in total. The van der Waals surface area contributed by atoms with E-state index in [1.165, 1.54) is 6.92 Å². The van der Waals surface area contributed by atoms with Crippen LogP contribution < -0.4 is 37.2 Å². The van der Waals surface area contributed by atoms with E-state index in [0.29, 0.717) is 18.4 Å². The second-order valence-electron chi connectivity index (χ2n) is 22.6. The molecule has 18 heteroatoms. The number of aliphatic hydroxyl groups is 1. The molecule has 0 heterocycles. The van der Waals surface area contributed by atoms with Crippen molar-refractivity contribution in [1.29, 1.82) is 0 Å². The third kappa shape index (κ3) is 24.3. The number of hydrogen-bond donors (Lipinski definition) is 8. The first-order valence-electron chi connectivity index (χ1n) is 25.8. The summed E-state index contributed by atoms with van der Waals surface area (Å²) in [6.07, 6.45) is 1.15. The maximum Gasteiger partial charge on any atom is 0.407 e. The van der Waals surface area contributed by atoms with Crippen LogP contribution in [0.3, 0.4) is 0 Å². The Morgan fingerprint density at radius 1 is 0.644 bits per heavy atom. The molecule has 0 aromatic heterocycles. The largest absolute Gasteiger partial charge is 0.444 e. The predicted molar refractivity (Wildman–Crippen MR) is 285 cm³/mol. The number of rotatable bonds is 29. The van der Waals surface area contributed by atoms with Crippen LogP contribution in [0.15, 0.2) is 54.6 Å². The zero-order valence-corrected chi connectivity index (χ0v) is 46.5. The van der Waals surface area contributed by atoms with E-state index in [0.717, 1.165) is 30.8 Å². The molecule has 5 atom stereocenters. The molecule has 2 aromatic carbocycles. The first-order chi connectivity index (χ1) is 33.9. The molecule has 73 heavy (non-hydrogen) atoms. The second kappa shape index (κ2) is 29.3. The van der Waals surface area contributed by atoms with E-state index in [9.17, 15) is 38.7 Å². The van der Waals surface area contributed by atoms with Gasteiger partial charge in [0.1, 0.15) is 35.8 Å². The van der Waals surface area contributed by atoms with Crippen molar-refractivity contribution in [3.63, 3.8) is 0 Å². The summed E-state index contributed by atoms with van der Waals surface area (Å²) in [5.74, 6) is -3.87. The average Bonchev–Trinajstić information content (AvgIpc) is 3.30. The zero-order valence-electron chi connectivity index (χ0n) is 46.5. The molecule has 0 aliphatic carbocycles. The quantitative estimate of drug-likeness (QED) is 0.0502. The van der Waals surface area contributed by atoms with Gasteiger partial charge in [0, 0.05) is 18.5 Å². The topological polar surface area (TPSA) is 246 Å². The first-order valence-corrected chi connectivity index (χ1v) is 25.8. The summed E-state index contributed by atoms with van der Waals surface area (Å²) in [4.78, 5) is 97.7. The maximum atomic E-state index is 14.2. The number of nitrogens with one attached hydrogen (secondary N) is 7. The fourth-order valence-electron chi connectivity index (χ4n) is 7.52. The number of unbranched alkanes of at least 4 members (excludes halogenated alkanes) is 1. The summed E-state index contributed by atoms with van der Waals surface area (Å²) < 4.78 is 11.4. The lowest BCUT2D eigenvalue weighted by molar-refractivity contribution is -0.135. The fraction of sp³-hybridized carbons (Fsp3) is 0.655. The molecule has 0 saturated heterocycles. The van der Waals surface area contributed by atoms with E-state index >= 15 is 0 Å². The molecular weight excluding hydrogens is 933 g/mol. The van der Waals surface area contributed by atoms with E-state index in [1.54, 1.807) is 60.6 Å². The molecule has 18 nitrogen and oxygen atoms in total. The summed E-state index contributed by atoms with van der Waals surface area (Å²) >= 11 is 0. The summed E-state index contributed by atoms with van der Waals surface area (Å²) in [6.45, 7) is 29.6. The Morgan fingerprint density at radius 2 is 1.21 bits per heavy atom. The lowest BCUT2D eigenvalue weighted by atomic mass is 9.86. The van der Waals surface area contributed by atoms with E-state index < -0.39 is 95.1 Å². The molecule has 410 valence electrons. The molecule has 0 radical (unpaired) electrons. The molecule has 0 spiro atoms. The van der Waals surface area contributed by atoms with Gasteiger partial charge in [-0.15, -0.1) is 0 Å².